The van der Waals surface area contributed by atoms with E-state index in [4.69, 9.17) is 0 Å². The minimum atomic E-state index is -1.22. The van der Waals surface area contributed by atoms with Gasteiger partial charge in [-0.15, -0.1) is 0 Å². The Labute approximate surface area is 195 Å². The molecule has 4 aliphatic heterocycles. The second-order valence-corrected chi connectivity index (χ2v) is 9.60. The number of hydrogen-bond acceptors (Lipinski definition) is 6. The number of hydrogen-bond donors (Lipinski definition) is 1. The molecule has 0 aliphatic carbocycles. The molecule has 3 fully saturated rings. The van der Waals surface area contributed by atoms with E-state index in [-0.39, 0.29) is 23.5 Å². The molecular weight excluding hydrogens is 436 g/mol. The number of rotatable bonds is 3. The molecule has 2 aromatic rings. The third kappa shape index (κ3) is 2.39. The van der Waals surface area contributed by atoms with Crippen molar-refractivity contribution < 1.29 is 19.3 Å². The molecular formula is C25H24N4O5. The van der Waals surface area contributed by atoms with E-state index in [1.165, 1.54) is 23.1 Å². The van der Waals surface area contributed by atoms with Crippen molar-refractivity contribution in [1.82, 2.24) is 4.90 Å². The van der Waals surface area contributed by atoms with Crippen molar-refractivity contribution in [2.24, 2.45) is 11.8 Å². The van der Waals surface area contributed by atoms with Gasteiger partial charge in [0.15, 0.2) is 0 Å². The molecule has 3 amide bonds. The quantitative estimate of drug-likeness (QED) is 0.428. The number of fused-ring (bicyclic) bond motifs is 7. The third-order valence-electron chi connectivity index (χ3n) is 8.10. The lowest BCUT2D eigenvalue weighted by atomic mass is 9.75. The molecule has 9 heteroatoms. The second-order valence-electron chi connectivity index (χ2n) is 9.60. The van der Waals surface area contributed by atoms with Crippen molar-refractivity contribution >= 4 is 34.8 Å². The van der Waals surface area contributed by atoms with Gasteiger partial charge in [-0.05, 0) is 56.0 Å². The van der Waals surface area contributed by atoms with Crippen LogP contribution in [0.15, 0.2) is 36.4 Å². The molecule has 4 heterocycles. The van der Waals surface area contributed by atoms with Crippen molar-refractivity contribution in [2.75, 3.05) is 16.8 Å². The van der Waals surface area contributed by atoms with Crippen LogP contribution in [0.5, 0.6) is 0 Å². The SMILES string of the molecule is CCc1ccc2c(c1)[C@@]1(C(=O)N2)[C@H]2C(=O)N(c3ccc([N+](=O)[O-])cc3C)C(=O)[C@@H]2[C@H]2CCCN21. The minimum absolute atomic E-state index is 0.102. The highest BCUT2D eigenvalue weighted by Gasteiger charge is 2.74. The Morgan fingerprint density at radius 2 is 1.94 bits per heavy atom. The van der Waals surface area contributed by atoms with Crippen molar-refractivity contribution in [3.05, 3.63) is 63.2 Å². The summed E-state index contributed by atoms with van der Waals surface area (Å²) in [6.07, 6.45) is 2.38. The van der Waals surface area contributed by atoms with Gasteiger partial charge in [0.1, 0.15) is 5.54 Å². The van der Waals surface area contributed by atoms with Crippen LogP contribution in [0.2, 0.25) is 0 Å². The Hall–Kier alpha value is -3.59. The molecule has 0 radical (unpaired) electrons. The zero-order chi connectivity index (χ0) is 23.9. The second kappa shape index (κ2) is 6.96. The monoisotopic (exact) mass is 460 g/mol. The van der Waals surface area contributed by atoms with Crippen LogP contribution in [0.25, 0.3) is 0 Å². The topological polar surface area (TPSA) is 113 Å². The number of nitrogens with one attached hydrogen (secondary N) is 1. The maximum absolute atomic E-state index is 14.0. The fourth-order valence-electron chi connectivity index (χ4n) is 6.71. The summed E-state index contributed by atoms with van der Waals surface area (Å²) < 4.78 is 0. The Bertz CT molecular complexity index is 1310. The molecule has 2 aromatic carbocycles. The van der Waals surface area contributed by atoms with Gasteiger partial charge in [-0.2, -0.15) is 0 Å². The van der Waals surface area contributed by atoms with E-state index in [0.29, 0.717) is 23.5 Å². The molecule has 34 heavy (non-hydrogen) atoms. The highest BCUT2D eigenvalue weighted by Crippen LogP contribution is 2.60. The zero-order valence-electron chi connectivity index (χ0n) is 18.9. The van der Waals surface area contributed by atoms with E-state index in [9.17, 15) is 24.5 Å². The van der Waals surface area contributed by atoms with Gasteiger partial charge in [0.2, 0.25) is 17.7 Å². The van der Waals surface area contributed by atoms with E-state index >= 15 is 0 Å². The summed E-state index contributed by atoms with van der Waals surface area (Å²) in [5, 5.41) is 14.2. The van der Waals surface area contributed by atoms with Crippen molar-refractivity contribution in [3.63, 3.8) is 0 Å². The Balaban J connectivity index is 1.53. The van der Waals surface area contributed by atoms with Crippen LogP contribution < -0.4 is 10.2 Å². The maximum Gasteiger partial charge on any atom is 0.269 e. The predicted octanol–water partition coefficient (Wildman–Crippen LogP) is 2.90. The fourth-order valence-corrected chi connectivity index (χ4v) is 6.71. The summed E-state index contributed by atoms with van der Waals surface area (Å²) in [5.41, 5.74) is 2.03. The van der Waals surface area contributed by atoms with E-state index in [1.807, 2.05) is 25.1 Å². The first-order chi connectivity index (χ1) is 16.3. The molecule has 4 atom stereocenters. The molecule has 0 unspecified atom stereocenters. The normalized spacial score (nSPS) is 29.5. The number of nitro groups is 1. The highest BCUT2D eigenvalue weighted by atomic mass is 16.6. The Morgan fingerprint density at radius 1 is 1.15 bits per heavy atom. The van der Waals surface area contributed by atoms with Crippen molar-refractivity contribution in [2.45, 2.75) is 44.7 Å². The fraction of sp³-hybridized carbons (Fsp3) is 0.400. The summed E-state index contributed by atoms with van der Waals surface area (Å²) in [7, 11) is 0. The number of anilines is 2. The largest absolute Gasteiger partial charge is 0.324 e. The van der Waals surface area contributed by atoms with E-state index < -0.39 is 28.2 Å². The smallest absolute Gasteiger partial charge is 0.269 e. The van der Waals surface area contributed by atoms with Crippen LogP contribution in [0, 0.1) is 28.9 Å². The molecule has 0 saturated carbocycles. The van der Waals surface area contributed by atoms with Gasteiger partial charge in [0, 0.05) is 29.4 Å². The molecule has 9 nitrogen and oxygen atoms in total. The van der Waals surface area contributed by atoms with Gasteiger partial charge in [-0.3, -0.25) is 29.4 Å². The summed E-state index contributed by atoms with van der Waals surface area (Å²) in [6, 6.07) is 9.79. The number of amides is 3. The molecule has 0 aromatic heterocycles. The molecule has 0 bridgehead atoms. The van der Waals surface area contributed by atoms with Crippen LogP contribution in [0.3, 0.4) is 0 Å². The standard InChI is InChI=1S/C25H24N4O5/c1-3-14-6-8-17-16(12-14)25(24(32)26-17)21-20(19-5-4-10-27(19)25)22(30)28(23(21)31)18-9-7-15(29(33)34)11-13(18)2/h6-9,11-12,19-21H,3-5,10H2,1-2H3,(H,26,32)/t19-,20-,21-,25+/m1/s1. The van der Waals surface area contributed by atoms with Gasteiger partial charge in [0.05, 0.1) is 22.4 Å². The van der Waals surface area contributed by atoms with E-state index in [1.54, 1.807) is 6.92 Å². The van der Waals surface area contributed by atoms with Gasteiger partial charge >= 0.3 is 0 Å². The van der Waals surface area contributed by atoms with Crippen LogP contribution in [-0.2, 0) is 26.3 Å². The van der Waals surface area contributed by atoms with E-state index in [0.717, 1.165) is 30.4 Å². The van der Waals surface area contributed by atoms with Crippen molar-refractivity contribution in [3.8, 4) is 0 Å². The number of non-ortho nitro benzene ring substituents is 1. The lowest BCUT2D eigenvalue weighted by molar-refractivity contribution is -0.384. The first-order valence-electron chi connectivity index (χ1n) is 11.6. The Kier molecular flexibility index (Phi) is 4.29. The van der Waals surface area contributed by atoms with Crippen LogP contribution in [-0.4, -0.2) is 40.1 Å². The number of carbonyl (C=O) groups is 3. The van der Waals surface area contributed by atoms with Gasteiger partial charge in [-0.25, -0.2) is 4.90 Å². The molecule has 1 spiro atoms. The molecule has 6 rings (SSSR count). The van der Waals surface area contributed by atoms with E-state index in [2.05, 4.69) is 10.2 Å². The molecule has 1 N–H and O–H groups in total. The zero-order valence-corrected chi connectivity index (χ0v) is 18.9. The highest BCUT2D eigenvalue weighted by molar-refractivity contribution is 6.26. The summed E-state index contributed by atoms with van der Waals surface area (Å²) in [4.78, 5) is 55.5. The summed E-state index contributed by atoms with van der Waals surface area (Å²) >= 11 is 0. The average Bonchev–Trinajstić information content (AvgIpc) is 3.52. The van der Waals surface area contributed by atoms with Crippen LogP contribution in [0.1, 0.15) is 36.5 Å². The van der Waals surface area contributed by atoms with Crippen molar-refractivity contribution in [1.29, 1.82) is 0 Å². The lowest BCUT2D eigenvalue weighted by Gasteiger charge is -2.37. The number of imide groups is 1. The number of aryl methyl sites for hydroxylation is 2. The van der Waals surface area contributed by atoms with Crippen LogP contribution in [0.4, 0.5) is 17.1 Å². The number of carbonyl (C=O) groups excluding carboxylic acids is 3. The molecule has 4 aliphatic rings. The first-order valence-corrected chi connectivity index (χ1v) is 11.6. The number of benzene rings is 2. The summed E-state index contributed by atoms with van der Waals surface area (Å²) in [6.45, 7) is 4.34. The number of nitro benzene ring substituents is 1. The predicted molar refractivity (Wildman–Crippen MR) is 123 cm³/mol. The maximum atomic E-state index is 14.0. The first kappa shape index (κ1) is 21.0. The summed E-state index contributed by atoms with van der Waals surface area (Å²) in [5.74, 6) is -2.46. The van der Waals surface area contributed by atoms with Gasteiger partial charge in [0.25, 0.3) is 5.69 Å². The lowest BCUT2D eigenvalue weighted by Crippen LogP contribution is -2.54. The molecule has 3 saturated heterocycles. The van der Waals surface area contributed by atoms with Gasteiger partial charge in [-0.1, -0.05) is 19.1 Å². The van der Waals surface area contributed by atoms with Gasteiger partial charge < -0.3 is 5.32 Å². The van der Waals surface area contributed by atoms with Crippen LogP contribution >= 0.6 is 0 Å². The average molecular weight is 460 g/mol. The minimum Gasteiger partial charge on any atom is -0.324 e. The Morgan fingerprint density at radius 3 is 2.65 bits per heavy atom. The number of nitrogens with zero attached hydrogens (tertiary/aromatic N) is 3. The third-order valence-corrected chi connectivity index (χ3v) is 8.10. The molecule has 174 valence electrons.